The van der Waals surface area contributed by atoms with Crippen LogP contribution in [0.25, 0.3) is 0 Å². The van der Waals surface area contributed by atoms with Gasteiger partial charge in [0.25, 0.3) is 5.91 Å². The zero-order valence-electron chi connectivity index (χ0n) is 24.9. The average molecular weight is 580 g/mol. The second kappa shape index (κ2) is 19.0. The highest BCUT2D eigenvalue weighted by atomic mass is 32.1. The average Bonchev–Trinajstić information content (AvgIpc) is 3.48. The number of nitrogens with one attached hydrogen (secondary N) is 1. The van der Waals surface area contributed by atoms with E-state index in [9.17, 15) is 9.59 Å². The Balaban J connectivity index is 1.38. The molecule has 0 aliphatic carbocycles. The predicted octanol–water partition coefficient (Wildman–Crippen LogP) is 8.38. The maximum absolute atomic E-state index is 12.6. The molecule has 6 nitrogen and oxygen atoms in total. The zero-order valence-corrected chi connectivity index (χ0v) is 25.7. The maximum Gasteiger partial charge on any atom is 0.262 e. The van der Waals surface area contributed by atoms with Gasteiger partial charge in [0.2, 0.25) is 5.51 Å². The first-order chi connectivity index (χ1) is 20.1. The van der Waals surface area contributed by atoms with E-state index in [-0.39, 0.29) is 18.3 Å². The van der Waals surface area contributed by atoms with Gasteiger partial charge in [0, 0.05) is 11.3 Å². The van der Waals surface area contributed by atoms with Crippen LogP contribution in [0.4, 0.5) is 5.69 Å². The molecular formula is C34H47N2O4S+. The molecule has 7 heteroatoms. The van der Waals surface area contributed by atoms with Crippen molar-refractivity contribution in [3.8, 4) is 11.5 Å². The summed E-state index contributed by atoms with van der Waals surface area (Å²) in [5.41, 5.74) is 4.39. The fourth-order valence-electron chi connectivity index (χ4n) is 4.77. The van der Waals surface area contributed by atoms with Crippen molar-refractivity contribution in [3.63, 3.8) is 0 Å². The Morgan fingerprint density at radius 1 is 0.829 bits per heavy atom. The van der Waals surface area contributed by atoms with Crippen molar-refractivity contribution in [2.45, 2.75) is 97.4 Å². The van der Waals surface area contributed by atoms with Gasteiger partial charge in [-0.15, -0.1) is 0 Å². The molecule has 3 aromatic rings. The van der Waals surface area contributed by atoms with Crippen molar-refractivity contribution >= 4 is 28.7 Å². The van der Waals surface area contributed by atoms with Gasteiger partial charge >= 0.3 is 0 Å². The fourth-order valence-corrected chi connectivity index (χ4v) is 5.37. The SMILES string of the molecule is CCCCCCCCCCCCCCOc1c(OCC(=O)Nc2ccc(C[n+]3ccsc3)cc2)cccc1C(C)=O. The number of hydrogen-bond acceptors (Lipinski definition) is 5. The van der Waals surface area contributed by atoms with Gasteiger partial charge in [0.15, 0.2) is 36.6 Å². The minimum atomic E-state index is -0.273. The van der Waals surface area contributed by atoms with E-state index in [4.69, 9.17) is 9.47 Å². The number of para-hydroxylation sites is 1. The number of ether oxygens (including phenoxy) is 2. The lowest BCUT2D eigenvalue weighted by Gasteiger charge is -2.15. The lowest BCUT2D eigenvalue weighted by atomic mass is 10.1. The van der Waals surface area contributed by atoms with E-state index in [1.54, 1.807) is 29.5 Å². The van der Waals surface area contributed by atoms with Crippen molar-refractivity contribution in [1.82, 2.24) is 0 Å². The monoisotopic (exact) mass is 579 g/mol. The Morgan fingerprint density at radius 2 is 1.49 bits per heavy atom. The Bertz CT molecular complexity index is 1160. The Kier molecular flexibility index (Phi) is 15.0. The molecule has 1 amide bonds. The van der Waals surface area contributed by atoms with E-state index >= 15 is 0 Å². The van der Waals surface area contributed by atoms with Gasteiger partial charge in [-0.05, 0) is 37.6 Å². The molecule has 1 aromatic heterocycles. The molecule has 0 fully saturated rings. The second-order valence-electron chi connectivity index (χ2n) is 10.7. The summed E-state index contributed by atoms with van der Waals surface area (Å²) < 4.78 is 14.0. The van der Waals surface area contributed by atoms with Crippen LogP contribution < -0.4 is 19.4 Å². The predicted molar refractivity (Wildman–Crippen MR) is 167 cm³/mol. The molecule has 0 spiro atoms. The van der Waals surface area contributed by atoms with Crippen LogP contribution in [-0.4, -0.2) is 24.9 Å². The molecule has 222 valence electrons. The van der Waals surface area contributed by atoms with E-state index in [0.717, 1.165) is 24.9 Å². The number of Topliss-reactive ketones (excluding diaryl/α,β-unsaturated/α-hetero) is 1. The van der Waals surface area contributed by atoms with E-state index in [2.05, 4.69) is 22.3 Å². The molecule has 0 saturated carbocycles. The minimum Gasteiger partial charge on any atom is -0.489 e. The number of hydrogen-bond donors (Lipinski definition) is 1. The summed E-state index contributed by atoms with van der Waals surface area (Å²) >= 11 is 1.65. The number of rotatable bonds is 21. The van der Waals surface area contributed by atoms with Crippen LogP contribution in [0.3, 0.4) is 0 Å². The molecule has 3 rings (SSSR count). The Morgan fingerprint density at radius 3 is 2.10 bits per heavy atom. The Labute approximate surface area is 250 Å². The third-order valence-corrected chi connectivity index (χ3v) is 7.76. The molecule has 1 heterocycles. The van der Waals surface area contributed by atoms with E-state index in [1.165, 1.54) is 71.1 Å². The largest absolute Gasteiger partial charge is 0.489 e. The first-order valence-corrected chi connectivity index (χ1v) is 16.2. The van der Waals surface area contributed by atoms with Crippen LogP contribution in [-0.2, 0) is 11.3 Å². The van der Waals surface area contributed by atoms with Gasteiger partial charge in [0.1, 0.15) is 0 Å². The number of carbonyl (C=O) groups excluding carboxylic acids is 2. The van der Waals surface area contributed by atoms with Gasteiger partial charge in [-0.3, -0.25) is 9.59 Å². The number of thiazole rings is 1. The van der Waals surface area contributed by atoms with E-state index < -0.39 is 0 Å². The van der Waals surface area contributed by atoms with Crippen molar-refractivity contribution in [2.24, 2.45) is 0 Å². The minimum absolute atomic E-state index is 0.0923. The molecule has 0 atom stereocenters. The van der Waals surface area contributed by atoms with Crippen molar-refractivity contribution in [3.05, 3.63) is 70.7 Å². The number of ketones is 1. The molecule has 0 bridgehead atoms. The molecule has 0 saturated heterocycles. The molecule has 0 radical (unpaired) electrons. The lowest BCUT2D eigenvalue weighted by Crippen LogP contribution is -2.30. The summed E-state index contributed by atoms with van der Waals surface area (Å²) in [5.74, 6) is 0.469. The molecule has 41 heavy (non-hydrogen) atoms. The molecule has 0 unspecified atom stereocenters. The normalized spacial score (nSPS) is 10.9. The first kappa shape index (κ1) is 32.3. The van der Waals surface area contributed by atoms with Gasteiger partial charge < -0.3 is 14.8 Å². The number of benzene rings is 2. The molecular weight excluding hydrogens is 532 g/mol. The second-order valence-corrected chi connectivity index (χ2v) is 11.4. The summed E-state index contributed by atoms with van der Waals surface area (Å²) in [6, 6.07) is 13.0. The van der Waals surface area contributed by atoms with E-state index in [1.807, 2.05) is 35.8 Å². The van der Waals surface area contributed by atoms with Crippen molar-refractivity contribution in [1.29, 1.82) is 0 Å². The van der Waals surface area contributed by atoms with Gasteiger partial charge in [-0.2, -0.15) is 4.57 Å². The van der Waals surface area contributed by atoms with Crippen molar-refractivity contribution < 1.29 is 23.6 Å². The summed E-state index contributed by atoms with van der Waals surface area (Å²) in [5, 5.41) is 4.91. The number of amides is 1. The molecule has 2 aromatic carbocycles. The van der Waals surface area contributed by atoms with E-state index in [0.29, 0.717) is 29.4 Å². The standard InChI is InChI=1S/C34H46N2O4S/c1-3-4-5-6-7-8-9-10-11-12-13-14-23-39-34-31(28(2)37)16-15-17-32(34)40-26-33(38)35-30-20-18-29(19-21-30)25-36-22-24-41-27-36/h15-22,24,27H,3-14,23,25-26H2,1-2H3/p+1. The summed E-state index contributed by atoms with van der Waals surface area (Å²) in [6.45, 7) is 4.90. The third kappa shape index (κ3) is 12.5. The zero-order chi connectivity index (χ0) is 29.1. The topological polar surface area (TPSA) is 68.5 Å². The smallest absolute Gasteiger partial charge is 0.262 e. The van der Waals surface area contributed by atoms with Gasteiger partial charge in [-0.25, -0.2) is 0 Å². The number of carbonyl (C=O) groups is 2. The highest BCUT2D eigenvalue weighted by Crippen LogP contribution is 2.32. The lowest BCUT2D eigenvalue weighted by molar-refractivity contribution is -0.683. The van der Waals surface area contributed by atoms with Gasteiger partial charge in [0.05, 0.1) is 17.6 Å². The highest BCUT2D eigenvalue weighted by Gasteiger charge is 2.16. The fraction of sp³-hybridized carbons (Fsp3) is 0.500. The first-order valence-electron chi connectivity index (χ1n) is 15.3. The quantitative estimate of drug-likeness (QED) is 0.0782. The molecule has 0 aliphatic heterocycles. The number of aromatic nitrogens is 1. The van der Waals surface area contributed by atoms with Crippen LogP contribution in [0, 0.1) is 0 Å². The molecule has 0 aliphatic rings. The summed E-state index contributed by atoms with van der Waals surface area (Å²) in [4.78, 5) is 24.8. The third-order valence-electron chi connectivity index (χ3n) is 7.09. The number of unbranched alkanes of at least 4 members (excludes halogenated alkanes) is 11. The maximum atomic E-state index is 12.6. The van der Waals surface area contributed by atoms with Crippen LogP contribution in [0.2, 0.25) is 0 Å². The van der Waals surface area contributed by atoms with Crippen molar-refractivity contribution in [2.75, 3.05) is 18.5 Å². The van der Waals surface area contributed by atoms with Crippen LogP contribution in [0.1, 0.15) is 107 Å². The van der Waals surface area contributed by atoms with Gasteiger partial charge in [-0.1, -0.05) is 107 Å². The molecule has 1 N–H and O–H groups in total. The summed E-state index contributed by atoms with van der Waals surface area (Å²) in [6.07, 6.45) is 17.3. The summed E-state index contributed by atoms with van der Waals surface area (Å²) in [7, 11) is 0. The Hall–Kier alpha value is -3.19. The van der Waals surface area contributed by atoms with Crippen LogP contribution in [0.15, 0.2) is 59.6 Å². The highest BCUT2D eigenvalue weighted by molar-refractivity contribution is 7.07. The number of nitrogens with zero attached hydrogens (tertiary/aromatic N) is 1. The number of anilines is 1. The van der Waals surface area contributed by atoms with Crippen LogP contribution >= 0.6 is 11.3 Å². The van der Waals surface area contributed by atoms with Crippen LogP contribution in [0.5, 0.6) is 11.5 Å².